The quantitative estimate of drug-likeness (QED) is 0.0753. The third kappa shape index (κ3) is 10.0. The highest BCUT2D eigenvalue weighted by Crippen LogP contribution is 2.42. The molecule has 2 atom stereocenters. The zero-order valence-electron chi connectivity index (χ0n) is 39.4. The molecule has 0 amide bonds. The van der Waals surface area contributed by atoms with Gasteiger partial charge >= 0.3 is 0 Å². The molecule has 66 heavy (non-hydrogen) atoms. The van der Waals surface area contributed by atoms with E-state index in [0.717, 1.165) is 144 Å². The predicted molar refractivity (Wildman–Crippen MR) is 275 cm³/mol. The smallest absolute Gasteiger partial charge is 0.147 e. The average Bonchev–Trinajstić information content (AvgIpc) is 3.34. The average molecular weight is 930 g/mol. The number of aromatic nitrogens is 2. The van der Waals surface area contributed by atoms with Crippen molar-refractivity contribution in [3.05, 3.63) is 106 Å². The van der Waals surface area contributed by atoms with Gasteiger partial charge in [0.25, 0.3) is 0 Å². The molecule has 0 radical (unpaired) electrons. The monoisotopic (exact) mass is 928 g/mol. The molecule has 2 unspecified atom stereocenters. The van der Waals surface area contributed by atoms with Gasteiger partial charge in [-0.2, -0.15) is 0 Å². The van der Waals surface area contributed by atoms with Crippen LogP contribution in [0, 0.1) is 0 Å². The van der Waals surface area contributed by atoms with Gasteiger partial charge in [-0.15, -0.1) is 0 Å². The number of phenolic OH excluding ortho intramolecular Hbond substituents is 2. The molecule has 2 heterocycles. The summed E-state index contributed by atoms with van der Waals surface area (Å²) in [6, 6.07) is 24.6. The Hall–Kier alpha value is -4.93. The van der Waals surface area contributed by atoms with E-state index in [9.17, 15) is 10.2 Å². The predicted octanol–water partition coefficient (Wildman–Crippen LogP) is 13.4. The third-order valence-electron chi connectivity index (χ3n) is 14.9. The van der Waals surface area contributed by atoms with Gasteiger partial charge in [0, 0.05) is 81.7 Å². The van der Waals surface area contributed by atoms with Gasteiger partial charge in [0.05, 0.1) is 21.1 Å². The molecule has 9 nitrogen and oxygen atoms in total. The third-order valence-corrected chi connectivity index (χ3v) is 15.5. The molecule has 6 aromatic rings. The van der Waals surface area contributed by atoms with Crippen molar-refractivity contribution in [2.24, 2.45) is 0 Å². The Labute approximate surface area is 400 Å². The number of halogens is 2. The summed E-state index contributed by atoms with van der Waals surface area (Å²) in [6.45, 7) is 17.3. The van der Waals surface area contributed by atoms with Crippen LogP contribution in [0.3, 0.4) is 0 Å². The lowest BCUT2D eigenvalue weighted by molar-refractivity contribution is -0.121. The molecular weight excluding hydrogens is 864 g/mol. The highest BCUT2D eigenvalue weighted by molar-refractivity contribution is 6.32. The van der Waals surface area contributed by atoms with Crippen LogP contribution in [-0.4, -0.2) is 86.1 Å². The van der Waals surface area contributed by atoms with E-state index in [-0.39, 0.29) is 29.4 Å². The second kappa shape index (κ2) is 20.9. The Morgan fingerprint density at radius 3 is 1.27 bits per heavy atom. The molecule has 2 aliphatic rings. The lowest BCUT2D eigenvalue weighted by Crippen LogP contribution is -2.40. The molecule has 0 aliphatic heterocycles. The van der Waals surface area contributed by atoms with Crippen LogP contribution in [0.4, 0.5) is 11.4 Å². The van der Waals surface area contributed by atoms with Crippen LogP contribution < -0.4 is 10.6 Å². The van der Waals surface area contributed by atoms with Gasteiger partial charge in [-0.3, -0.25) is 14.8 Å². The van der Waals surface area contributed by atoms with E-state index in [1.807, 2.05) is 62.6 Å². The molecule has 0 spiro atoms. The van der Waals surface area contributed by atoms with Crippen molar-refractivity contribution < 1.29 is 15.0 Å². The van der Waals surface area contributed by atoms with Crippen molar-refractivity contribution in [3.63, 3.8) is 0 Å². The first-order valence-corrected chi connectivity index (χ1v) is 25.0. The molecule has 2 fully saturated rings. The highest BCUT2D eigenvalue weighted by atomic mass is 35.5. The second-order valence-corrected chi connectivity index (χ2v) is 19.4. The summed E-state index contributed by atoms with van der Waals surface area (Å²) in [5, 5.41) is 30.9. The Bertz CT molecular complexity index is 2490. The number of pyridine rings is 2. The summed E-state index contributed by atoms with van der Waals surface area (Å²) in [5.41, 5.74) is 8.98. The number of benzene rings is 4. The van der Waals surface area contributed by atoms with Crippen molar-refractivity contribution >= 4 is 62.2 Å². The highest BCUT2D eigenvalue weighted by Gasteiger charge is 2.32. The first-order chi connectivity index (χ1) is 31.9. The van der Waals surface area contributed by atoms with Crippen LogP contribution in [-0.2, 0) is 4.79 Å². The molecule has 0 saturated heterocycles. The van der Waals surface area contributed by atoms with Crippen LogP contribution in [0.15, 0.2) is 85.2 Å². The van der Waals surface area contributed by atoms with Gasteiger partial charge in [0.2, 0.25) is 0 Å². The van der Waals surface area contributed by atoms with Crippen LogP contribution in [0.1, 0.15) is 116 Å². The number of Topliss-reactive ketones (excluding diaryl/α,β-unsaturated/α-hetero) is 1. The van der Waals surface area contributed by atoms with Crippen molar-refractivity contribution in [2.45, 2.75) is 129 Å². The van der Waals surface area contributed by atoms with E-state index >= 15 is 4.79 Å². The van der Waals surface area contributed by atoms with Gasteiger partial charge in [-0.25, -0.2) is 0 Å². The maximum Gasteiger partial charge on any atom is 0.147 e. The number of ketones is 1. The van der Waals surface area contributed by atoms with Gasteiger partial charge in [-0.05, 0) is 148 Å². The van der Waals surface area contributed by atoms with E-state index < -0.39 is 11.8 Å². The lowest BCUT2D eigenvalue weighted by Gasteiger charge is -2.37. The summed E-state index contributed by atoms with van der Waals surface area (Å²) in [5.74, 6) is -0.838. The van der Waals surface area contributed by atoms with Crippen molar-refractivity contribution in [2.75, 3.05) is 36.8 Å². The molecule has 0 bridgehead atoms. The number of hydrogen-bond acceptors (Lipinski definition) is 9. The number of aromatic hydroxyl groups is 2. The summed E-state index contributed by atoms with van der Waals surface area (Å²) in [4.78, 5) is 30.4. The summed E-state index contributed by atoms with van der Waals surface area (Å²) < 4.78 is 0. The number of nitrogens with zero attached hydrogens (tertiary/aromatic N) is 4. The van der Waals surface area contributed by atoms with Crippen LogP contribution in [0.25, 0.3) is 44.1 Å². The van der Waals surface area contributed by atoms with E-state index in [4.69, 9.17) is 33.2 Å². The minimum atomic E-state index is -0.503. The van der Waals surface area contributed by atoms with Gasteiger partial charge in [0.15, 0.2) is 0 Å². The molecular formula is C55H66Cl2N6O3. The minimum Gasteiger partial charge on any atom is -0.506 e. The molecule has 4 N–H and O–H groups in total. The maximum absolute atomic E-state index is 15.3. The van der Waals surface area contributed by atoms with E-state index in [1.165, 1.54) is 0 Å². The molecule has 2 saturated carbocycles. The fourth-order valence-electron chi connectivity index (χ4n) is 10.9. The van der Waals surface area contributed by atoms with Crippen LogP contribution in [0.5, 0.6) is 11.5 Å². The van der Waals surface area contributed by atoms with E-state index in [2.05, 4.69) is 60.3 Å². The van der Waals surface area contributed by atoms with Gasteiger partial charge in [0.1, 0.15) is 17.3 Å². The standard InChI is InChI=1S/C55H66Cl2N6O3/c1-7-62(8-2)41-19-15-39(16-20-41)60-53-43-27-35(37-13-25-51(64)47(56)29-37)11-23-49(43)58-31-45(53)33(5)55(66)34(6)46-32-59-50-24-12-36(38-14-26-52(65)48(57)30-38)28-44(50)54(46)61-40-17-21-42(22-18-40)63(9-3)10-4/h11-14,23-34,39-42,64-65H,7-10,15-22H2,1-6H3,(H,58,60)(H,59,61). The number of phenols is 2. The molecule has 348 valence electrons. The number of nitrogens with one attached hydrogen (secondary N) is 2. The summed E-state index contributed by atoms with van der Waals surface area (Å²) in [6.07, 6.45) is 12.4. The number of carbonyl (C=O) groups excluding carboxylic acids is 1. The van der Waals surface area contributed by atoms with Crippen molar-refractivity contribution in [1.82, 2.24) is 19.8 Å². The van der Waals surface area contributed by atoms with Crippen molar-refractivity contribution in [3.8, 4) is 33.8 Å². The second-order valence-electron chi connectivity index (χ2n) is 18.6. The first-order valence-electron chi connectivity index (χ1n) is 24.3. The number of fused-ring (bicyclic) bond motifs is 2. The molecule has 8 rings (SSSR count). The normalized spacial score (nSPS) is 19.9. The zero-order valence-corrected chi connectivity index (χ0v) is 40.9. The number of carbonyl (C=O) groups is 1. The Balaban J connectivity index is 1.17. The van der Waals surface area contributed by atoms with Crippen LogP contribution in [0.2, 0.25) is 10.0 Å². The van der Waals surface area contributed by atoms with E-state index in [0.29, 0.717) is 22.1 Å². The van der Waals surface area contributed by atoms with Crippen molar-refractivity contribution in [1.29, 1.82) is 0 Å². The Morgan fingerprint density at radius 2 is 0.924 bits per heavy atom. The molecule has 2 aliphatic carbocycles. The molecule has 2 aromatic heterocycles. The zero-order chi connectivity index (χ0) is 46.6. The Kier molecular flexibility index (Phi) is 15.1. The SMILES string of the molecule is CCN(CC)C1CCC(Nc2c(C(C)C(=O)C(C)c3cnc4ccc(-c5ccc(O)c(Cl)c5)cc4c3NC3CCC(N(CC)CC)CC3)cnc3ccc(-c4ccc(O)c(Cl)c4)cc23)CC1. The lowest BCUT2D eigenvalue weighted by atomic mass is 9.83. The minimum absolute atomic E-state index is 0.0413. The van der Waals surface area contributed by atoms with Crippen LogP contribution >= 0.6 is 23.2 Å². The first kappa shape index (κ1) is 47.6. The molecule has 11 heteroatoms. The summed E-state index contributed by atoms with van der Waals surface area (Å²) >= 11 is 12.8. The number of anilines is 2. The molecule has 4 aromatic carbocycles. The summed E-state index contributed by atoms with van der Waals surface area (Å²) in [7, 11) is 0. The van der Waals surface area contributed by atoms with E-state index in [1.54, 1.807) is 24.3 Å². The number of rotatable bonds is 16. The van der Waals surface area contributed by atoms with Gasteiger partial charge < -0.3 is 30.6 Å². The fourth-order valence-corrected chi connectivity index (χ4v) is 11.2. The maximum atomic E-state index is 15.3. The Morgan fingerprint density at radius 1 is 0.576 bits per heavy atom. The van der Waals surface area contributed by atoms with Gasteiger partial charge in [-0.1, -0.05) is 89.0 Å². The topological polar surface area (TPSA) is 114 Å². The number of hydrogen-bond donors (Lipinski definition) is 4. The largest absolute Gasteiger partial charge is 0.506 e. The fraction of sp³-hybridized carbons (Fsp3) is 0.436.